The van der Waals surface area contributed by atoms with Crippen molar-refractivity contribution in [3.05, 3.63) is 30.3 Å². The van der Waals surface area contributed by atoms with Gasteiger partial charge in [0.15, 0.2) is 0 Å². The molecule has 1 rings (SSSR count). The first kappa shape index (κ1) is 14.0. The molecule has 0 fully saturated rings. The van der Waals surface area contributed by atoms with Crippen LogP contribution in [0.5, 0.6) is 0 Å². The summed E-state index contributed by atoms with van der Waals surface area (Å²) in [7, 11) is -3.23. The van der Waals surface area contributed by atoms with Crippen LogP contribution >= 0.6 is 0 Å². The third kappa shape index (κ3) is 3.46. The van der Waals surface area contributed by atoms with Gasteiger partial charge in [-0.15, -0.1) is 0 Å². The number of anilines is 1. The van der Waals surface area contributed by atoms with Crippen LogP contribution in [0.3, 0.4) is 0 Å². The molecule has 0 unspecified atom stereocenters. The van der Waals surface area contributed by atoms with Crippen molar-refractivity contribution in [1.29, 1.82) is 0 Å². The van der Waals surface area contributed by atoms with Gasteiger partial charge in [0, 0.05) is 6.54 Å². The lowest BCUT2D eigenvalue weighted by Gasteiger charge is -2.26. The zero-order valence-corrected chi connectivity index (χ0v) is 11.6. The first-order valence-electron chi connectivity index (χ1n) is 6.06. The van der Waals surface area contributed by atoms with Crippen LogP contribution in [-0.2, 0) is 10.0 Å². The first-order valence-corrected chi connectivity index (χ1v) is 7.57. The van der Waals surface area contributed by atoms with Gasteiger partial charge < -0.3 is 0 Å². The van der Waals surface area contributed by atoms with Gasteiger partial charge in [-0.05, 0) is 32.4 Å². The summed E-state index contributed by atoms with van der Waals surface area (Å²) in [5, 5.41) is -0.389. The van der Waals surface area contributed by atoms with E-state index in [-0.39, 0.29) is 5.25 Å². The fraction of sp³-hybridized carbons (Fsp3) is 0.538. The lowest BCUT2D eigenvalue weighted by Crippen LogP contribution is -2.37. The molecule has 4 heteroatoms. The molecule has 0 aliphatic rings. The fourth-order valence-electron chi connectivity index (χ4n) is 1.55. The van der Waals surface area contributed by atoms with E-state index in [1.54, 1.807) is 13.8 Å². The summed E-state index contributed by atoms with van der Waals surface area (Å²) in [5.41, 5.74) is 0.759. The van der Waals surface area contributed by atoms with Crippen LogP contribution in [0.2, 0.25) is 0 Å². The van der Waals surface area contributed by atoms with E-state index >= 15 is 0 Å². The lowest BCUT2D eigenvalue weighted by molar-refractivity contribution is 0.580. The molecule has 0 saturated carbocycles. The van der Waals surface area contributed by atoms with E-state index in [1.807, 2.05) is 30.3 Å². The Kier molecular flexibility index (Phi) is 5.00. The molecule has 3 nitrogen and oxygen atoms in total. The maximum Gasteiger partial charge on any atom is 0.237 e. The molecule has 96 valence electrons. The Hall–Kier alpha value is -1.03. The summed E-state index contributed by atoms with van der Waals surface area (Å²) in [6.45, 7) is 6.06. The van der Waals surface area contributed by atoms with Gasteiger partial charge in [0.05, 0.1) is 10.9 Å². The molecular formula is C13H21NO2S. The van der Waals surface area contributed by atoms with Gasteiger partial charge in [-0.3, -0.25) is 4.31 Å². The van der Waals surface area contributed by atoms with Crippen molar-refractivity contribution in [2.24, 2.45) is 0 Å². The van der Waals surface area contributed by atoms with Crippen molar-refractivity contribution in [3.8, 4) is 0 Å². The van der Waals surface area contributed by atoms with E-state index in [4.69, 9.17) is 0 Å². The third-order valence-corrected chi connectivity index (χ3v) is 4.86. The molecule has 0 heterocycles. The van der Waals surface area contributed by atoms with Gasteiger partial charge >= 0.3 is 0 Å². The van der Waals surface area contributed by atoms with Crippen molar-refractivity contribution < 1.29 is 8.42 Å². The Morgan fingerprint density at radius 3 is 2.24 bits per heavy atom. The maximum atomic E-state index is 12.3. The summed E-state index contributed by atoms with van der Waals surface area (Å²) < 4.78 is 26.1. The zero-order chi connectivity index (χ0) is 12.9. The highest BCUT2D eigenvalue weighted by Gasteiger charge is 2.25. The number of sulfonamides is 1. The molecule has 0 bridgehead atoms. The molecule has 0 radical (unpaired) electrons. The van der Waals surface area contributed by atoms with Gasteiger partial charge in [0.1, 0.15) is 0 Å². The number of rotatable bonds is 6. The molecular weight excluding hydrogens is 234 g/mol. The molecule has 0 aliphatic carbocycles. The summed E-state index contributed by atoms with van der Waals surface area (Å²) in [5.74, 6) is 0. The Morgan fingerprint density at radius 2 is 1.76 bits per heavy atom. The Labute approximate surface area is 105 Å². The Morgan fingerprint density at radius 1 is 1.18 bits per heavy atom. The van der Waals surface area contributed by atoms with Crippen LogP contribution in [0.1, 0.15) is 33.6 Å². The summed E-state index contributed by atoms with van der Waals surface area (Å²) in [4.78, 5) is 0. The van der Waals surface area contributed by atoms with Crippen LogP contribution in [0.4, 0.5) is 5.69 Å². The average Bonchev–Trinajstić information content (AvgIpc) is 2.30. The lowest BCUT2D eigenvalue weighted by atomic mass is 10.3. The minimum atomic E-state index is -3.23. The molecule has 0 saturated heterocycles. The number of benzene rings is 1. The van der Waals surface area contributed by atoms with Crippen molar-refractivity contribution in [2.45, 2.75) is 38.9 Å². The first-order chi connectivity index (χ1) is 8.00. The van der Waals surface area contributed by atoms with E-state index in [9.17, 15) is 8.42 Å². The Bertz CT molecular complexity index is 426. The number of hydrogen-bond acceptors (Lipinski definition) is 2. The molecule has 1 aromatic carbocycles. The van der Waals surface area contributed by atoms with Gasteiger partial charge in [0.2, 0.25) is 10.0 Å². The number of hydrogen-bond donors (Lipinski definition) is 0. The smallest absolute Gasteiger partial charge is 0.237 e. The second kappa shape index (κ2) is 6.05. The molecule has 0 N–H and O–H groups in total. The second-order valence-corrected chi connectivity index (χ2v) is 6.77. The van der Waals surface area contributed by atoms with Crippen LogP contribution in [0.25, 0.3) is 0 Å². The van der Waals surface area contributed by atoms with E-state index in [0.717, 1.165) is 18.5 Å². The molecule has 0 aromatic heterocycles. The van der Waals surface area contributed by atoms with Crippen molar-refractivity contribution in [2.75, 3.05) is 10.8 Å². The highest BCUT2D eigenvalue weighted by Crippen LogP contribution is 2.20. The summed E-state index contributed by atoms with van der Waals surface area (Å²) in [6, 6.07) is 9.31. The van der Waals surface area contributed by atoms with Crippen LogP contribution < -0.4 is 4.31 Å². The SMILES string of the molecule is CCCCN(c1ccccc1)S(=O)(=O)C(C)C. The standard InChI is InChI=1S/C13H21NO2S/c1-4-5-11-14(17(15,16)12(2)3)13-9-7-6-8-10-13/h6-10,12H,4-5,11H2,1-3H3. The van der Waals surface area contributed by atoms with Crippen LogP contribution in [0.15, 0.2) is 30.3 Å². The number of unbranched alkanes of at least 4 members (excludes halogenated alkanes) is 1. The molecule has 0 aliphatic heterocycles. The molecule has 1 aromatic rings. The van der Waals surface area contributed by atoms with Gasteiger partial charge in [0.25, 0.3) is 0 Å². The predicted molar refractivity (Wildman–Crippen MR) is 72.8 cm³/mol. The van der Waals surface area contributed by atoms with Crippen LogP contribution in [-0.4, -0.2) is 20.2 Å². The van der Waals surface area contributed by atoms with Crippen LogP contribution in [0, 0.1) is 0 Å². The molecule has 0 atom stereocenters. The Balaban J connectivity index is 3.05. The predicted octanol–water partition coefficient (Wildman–Crippen LogP) is 3.03. The highest BCUT2D eigenvalue weighted by atomic mass is 32.2. The van der Waals surface area contributed by atoms with E-state index in [1.165, 1.54) is 4.31 Å². The maximum absolute atomic E-state index is 12.3. The third-order valence-electron chi connectivity index (χ3n) is 2.66. The fourth-order valence-corrected chi connectivity index (χ4v) is 2.86. The number of para-hydroxylation sites is 1. The van der Waals surface area contributed by atoms with Gasteiger partial charge in [-0.25, -0.2) is 8.42 Å². The van der Waals surface area contributed by atoms with Crippen molar-refractivity contribution in [1.82, 2.24) is 0 Å². The minimum Gasteiger partial charge on any atom is -0.270 e. The normalized spacial score (nSPS) is 11.8. The minimum absolute atomic E-state index is 0.389. The summed E-state index contributed by atoms with van der Waals surface area (Å²) in [6.07, 6.45) is 1.86. The monoisotopic (exact) mass is 255 g/mol. The zero-order valence-electron chi connectivity index (χ0n) is 10.8. The summed E-state index contributed by atoms with van der Waals surface area (Å²) >= 11 is 0. The second-order valence-electron chi connectivity index (χ2n) is 4.35. The van der Waals surface area contributed by atoms with Gasteiger partial charge in [-0.1, -0.05) is 31.5 Å². The molecule has 17 heavy (non-hydrogen) atoms. The largest absolute Gasteiger partial charge is 0.270 e. The van der Waals surface area contributed by atoms with Crippen molar-refractivity contribution >= 4 is 15.7 Å². The molecule has 0 amide bonds. The topological polar surface area (TPSA) is 37.4 Å². The van der Waals surface area contributed by atoms with E-state index in [2.05, 4.69) is 6.92 Å². The highest BCUT2D eigenvalue weighted by molar-refractivity contribution is 7.93. The van der Waals surface area contributed by atoms with E-state index in [0.29, 0.717) is 6.54 Å². The quantitative estimate of drug-likeness (QED) is 0.783. The van der Waals surface area contributed by atoms with Crippen molar-refractivity contribution in [3.63, 3.8) is 0 Å². The van der Waals surface area contributed by atoms with E-state index < -0.39 is 10.0 Å². The molecule has 0 spiro atoms. The number of nitrogens with zero attached hydrogens (tertiary/aromatic N) is 1. The van der Waals surface area contributed by atoms with Gasteiger partial charge in [-0.2, -0.15) is 0 Å². The average molecular weight is 255 g/mol.